The lowest BCUT2D eigenvalue weighted by Crippen LogP contribution is -2.23. The molecule has 5 heteroatoms. The maximum Gasteiger partial charge on any atom is 0.243 e. The maximum absolute atomic E-state index is 10.9. The van der Waals surface area contributed by atoms with Crippen molar-refractivity contribution >= 4 is 5.91 Å². The Morgan fingerprint density at radius 3 is 2.58 bits per heavy atom. The Labute approximate surface area is 111 Å². The third kappa shape index (κ3) is 3.79. The summed E-state index contributed by atoms with van der Waals surface area (Å²) in [4.78, 5) is 15.0. The molecule has 0 aliphatic heterocycles. The van der Waals surface area contributed by atoms with Crippen LogP contribution in [-0.4, -0.2) is 21.2 Å². The van der Waals surface area contributed by atoms with E-state index >= 15 is 0 Å². The third-order valence-corrected chi connectivity index (χ3v) is 2.48. The van der Waals surface area contributed by atoms with Crippen molar-refractivity contribution in [2.75, 3.05) is 0 Å². The standard InChI is InChI=1S/C14H14N2O3/c1-11(17)16(18)10-12-5-7-13(8-6-12)19-14-4-2-3-9-15-14/h2-9,18H,10H2,1H3. The summed E-state index contributed by atoms with van der Waals surface area (Å²) in [5.74, 6) is 0.770. The Morgan fingerprint density at radius 2 is 2.00 bits per heavy atom. The number of benzene rings is 1. The highest BCUT2D eigenvalue weighted by molar-refractivity contribution is 5.71. The van der Waals surface area contributed by atoms with E-state index in [0.717, 1.165) is 5.56 Å². The first kappa shape index (κ1) is 13.0. The van der Waals surface area contributed by atoms with Gasteiger partial charge in [-0.15, -0.1) is 0 Å². The van der Waals surface area contributed by atoms with Gasteiger partial charge in [0, 0.05) is 19.2 Å². The van der Waals surface area contributed by atoms with Gasteiger partial charge in [0.2, 0.25) is 11.8 Å². The molecular formula is C14H14N2O3. The summed E-state index contributed by atoms with van der Waals surface area (Å²) >= 11 is 0. The molecule has 1 N–H and O–H groups in total. The molecule has 5 nitrogen and oxygen atoms in total. The number of hydrogen-bond donors (Lipinski definition) is 1. The fourth-order valence-corrected chi connectivity index (χ4v) is 1.48. The van der Waals surface area contributed by atoms with Crippen molar-refractivity contribution in [1.29, 1.82) is 0 Å². The minimum atomic E-state index is -0.395. The van der Waals surface area contributed by atoms with E-state index in [1.807, 2.05) is 12.1 Å². The van der Waals surface area contributed by atoms with Gasteiger partial charge in [-0.05, 0) is 23.8 Å². The van der Waals surface area contributed by atoms with Crippen molar-refractivity contribution in [3.05, 3.63) is 54.2 Å². The number of carbonyl (C=O) groups excluding carboxylic acids is 1. The summed E-state index contributed by atoms with van der Waals surface area (Å²) in [5, 5.41) is 9.99. The van der Waals surface area contributed by atoms with Gasteiger partial charge >= 0.3 is 0 Å². The molecule has 0 radical (unpaired) electrons. The molecule has 2 rings (SSSR count). The second kappa shape index (κ2) is 5.97. The molecule has 0 unspecified atom stereocenters. The quantitative estimate of drug-likeness (QED) is 0.676. The maximum atomic E-state index is 10.9. The lowest BCUT2D eigenvalue weighted by molar-refractivity contribution is -0.165. The van der Waals surface area contributed by atoms with Crippen LogP contribution >= 0.6 is 0 Å². The number of nitrogens with zero attached hydrogens (tertiary/aromatic N) is 2. The normalized spacial score (nSPS) is 10.0. The van der Waals surface area contributed by atoms with Crippen LogP contribution < -0.4 is 4.74 Å². The van der Waals surface area contributed by atoms with Gasteiger partial charge in [-0.3, -0.25) is 10.0 Å². The van der Waals surface area contributed by atoms with Crippen molar-refractivity contribution < 1.29 is 14.7 Å². The predicted octanol–water partition coefficient (Wildman–Crippen LogP) is 2.61. The predicted molar refractivity (Wildman–Crippen MR) is 68.8 cm³/mol. The number of pyridine rings is 1. The third-order valence-electron chi connectivity index (χ3n) is 2.48. The van der Waals surface area contributed by atoms with Gasteiger partial charge in [0.1, 0.15) is 5.75 Å². The van der Waals surface area contributed by atoms with Crippen LogP contribution in [-0.2, 0) is 11.3 Å². The van der Waals surface area contributed by atoms with E-state index < -0.39 is 5.91 Å². The molecule has 0 fully saturated rings. The van der Waals surface area contributed by atoms with Gasteiger partial charge in [-0.1, -0.05) is 18.2 Å². The Morgan fingerprint density at radius 1 is 1.26 bits per heavy atom. The molecule has 0 aliphatic rings. The van der Waals surface area contributed by atoms with E-state index in [0.29, 0.717) is 16.7 Å². The van der Waals surface area contributed by atoms with Crippen molar-refractivity contribution in [1.82, 2.24) is 10.0 Å². The number of aromatic nitrogens is 1. The first-order chi connectivity index (χ1) is 9.15. The highest BCUT2D eigenvalue weighted by Crippen LogP contribution is 2.19. The summed E-state index contributed by atoms with van der Waals surface area (Å²) < 4.78 is 5.53. The molecule has 2 aromatic rings. The SMILES string of the molecule is CC(=O)N(O)Cc1ccc(Oc2ccccn2)cc1. The highest BCUT2D eigenvalue weighted by Gasteiger charge is 2.05. The molecule has 1 amide bonds. The van der Waals surface area contributed by atoms with Crippen LogP contribution in [0.25, 0.3) is 0 Å². The molecule has 0 aliphatic carbocycles. The molecule has 0 spiro atoms. The highest BCUT2D eigenvalue weighted by atomic mass is 16.5. The Balaban J connectivity index is 2.01. The minimum Gasteiger partial charge on any atom is -0.439 e. The van der Waals surface area contributed by atoms with Gasteiger partial charge in [0.15, 0.2) is 0 Å². The van der Waals surface area contributed by atoms with Crippen LogP contribution in [0.2, 0.25) is 0 Å². The molecule has 19 heavy (non-hydrogen) atoms. The Kier molecular flexibility index (Phi) is 4.10. The van der Waals surface area contributed by atoms with E-state index in [1.54, 1.807) is 36.5 Å². The summed E-state index contributed by atoms with van der Waals surface area (Å²) in [5.41, 5.74) is 0.811. The molecule has 0 saturated heterocycles. The van der Waals surface area contributed by atoms with E-state index in [-0.39, 0.29) is 6.54 Å². The van der Waals surface area contributed by atoms with Crippen LogP contribution in [0.15, 0.2) is 48.7 Å². The second-order valence-corrected chi connectivity index (χ2v) is 3.99. The van der Waals surface area contributed by atoms with Gasteiger partial charge in [0.05, 0.1) is 6.54 Å². The van der Waals surface area contributed by atoms with Crippen molar-refractivity contribution in [3.63, 3.8) is 0 Å². The van der Waals surface area contributed by atoms with Crippen molar-refractivity contribution in [3.8, 4) is 11.6 Å². The second-order valence-electron chi connectivity index (χ2n) is 3.99. The first-order valence-electron chi connectivity index (χ1n) is 5.80. The fraction of sp³-hybridized carbons (Fsp3) is 0.143. The molecule has 1 aromatic heterocycles. The van der Waals surface area contributed by atoms with Gasteiger partial charge in [0.25, 0.3) is 0 Å². The smallest absolute Gasteiger partial charge is 0.243 e. The molecule has 98 valence electrons. The topological polar surface area (TPSA) is 62.7 Å². The lowest BCUT2D eigenvalue weighted by atomic mass is 10.2. The van der Waals surface area contributed by atoms with E-state index in [4.69, 9.17) is 4.74 Å². The molecule has 0 atom stereocenters. The average molecular weight is 258 g/mol. The zero-order chi connectivity index (χ0) is 13.7. The zero-order valence-electron chi connectivity index (χ0n) is 10.5. The number of hydroxylamine groups is 2. The number of rotatable bonds is 4. The molecular weight excluding hydrogens is 244 g/mol. The van der Waals surface area contributed by atoms with Crippen molar-refractivity contribution in [2.45, 2.75) is 13.5 Å². The fourth-order valence-electron chi connectivity index (χ4n) is 1.48. The monoisotopic (exact) mass is 258 g/mol. The van der Waals surface area contributed by atoms with Gasteiger partial charge < -0.3 is 4.74 Å². The summed E-state index contributed by atoms with van der Waals surface area (Å²) in [6, 6.07) is 12.5. The van der Waals surface area contributed by atoms with Crippen LogP contribution in [0, 0.1) is 0 Å². The van der Waals surface area contributed by atoms with Crippen LogP contribution in [0.4, 0.5) is 0 Å². The molecule has 1 aromatic carbocycles. The zero-order valence-corrected chi connectivity index (χ0v) is 10.5. The van der Waals surface area contributed by atoms with E-state index in [1.165, 1.54) is 6.92 Å². The van der Waals surface area contributed by atoms with Gasteiger partial charge in [-0.25, -0.2) is 10.0 Å². The summed E-state index contributed by atoms with van der Waals surface area (Å²) in [7, 11) is 0. The number of amides is 1. The van der Waals surface area contributed by atoms with Crippen molar-refractivity contribution in [2.24, 2.45) is 0 Å². The Bertz CT molecular complexity index is 540. The van der Waals surface area contributed by atoms with Crippen LogP contribution in [0.1, 0.15) is 12.5 Å². The number of hydrogen-bond acceptors (Lipinski definition) is 4. The molecule has 0 saturated carbocycles. The largest absolute Gasteiger partial charge is 0.439 e. The Hall–Kier alpha value is -2.40. The molecule has 1 heterocycles. The summed E-state index contributed by atoms with van der Waals surface area (Å²) in [6.45, 7) is 1.46. The van der Waals surface area contributed by atoms with Crippen LogP contribution in [0.3, 0.4) is 0 Å². The lowest BCUT2D eigenvalue weighted by Gasteiger charge is -2.12. The molecule has 0 bridgehead atoms. The van der Waals surface area contributed by atoms with Gasteiger partial charge in [-0.2, -0.15) is 0 Å². The summed E-state index contributed by atoms with van der Waals surface area (Å²) in [6.07, 6.45) is 1.65. The average Bonchev–Trinajstić information content (AvgIpc) is 2.42. The number of ether oxygens (including phenoxy) is 1. The number of carbonyl (C=O) groups is 1. The van der Waals surface area contributed by atoms with E-state index in [2.05, 4.69) is 4.98 Å². The van der Waals surface area contributed by atoms with Crippen LogP contribution in [0.5, 0.6) is 11.6 Å². The minimum absolute atomic E-state index is 0.152. The first-order valence-corrected chi connectivity index (χ1v) is 5.80. The van der Waals surface area contributed by atoms with E-state index in [9.17, 15) is 10.0 Å².